The molecule has 21 heavy (non-hydrogen) atoms. The molecule has 0 radical (unpaired) electrons. The molecule has 0 amide bonds. The van der Waals surface area contributed by atoms with Crippen molar-refractivity contribution in [3.63, 3.8) is 0 Å². The van der Waals surface area contributed by atoms with E-state index in [-0.39, 0.29) is 6.42 Å². The molecule has 0 N–H and O–H groups in total. The number of hydrogen-bond donors (Lipinski definition) is 0. The first-order valence-corrected chi connectivity index (χ1v) is 7.27. The van der Waals surface area contributed by atoms with Gasteiger partial charge in [-0.2, -0.15) is 4.39 Å². The van der Waals surface area contributed by atoms with Crippen molar-refractivity contribution in [2.45, 2.75) is 44.4 Å². The molecule has 0 unspecified atom stereocenters. The van der Waals surface area contributed by atoms with Crippen molar-refractivity contribution in [2.24, 2.45) is 0 Å². The number of hydrogen-bond acceptors (Lipinski definition) is 2. The van der Waals surface area contributed by atoms with Gasteiger partial charge < -0.3 is 4.90 Å². The Bertz CT molecular complexity index is 471. The molecular formula is C16H21F3N2. The lowest BCUT2D eigenvalue weighted by Crippen LogP contribution is -2.32. The van der Waals surface area contributed by atoms with E-state index in [9.17, 15) is 13.2 Å². The number of allylic oxidation sites excluding steroid dienone is 1. The third kappa shape index (κ3) is 4.76. The van der Waals surface area contributed by atoms with E-state index in [4.69, 9.17) is 0 Å². The number of nitrogens with zero attached hydrogens (tertiary/aromatic N) is 2. The molecular weight excluding hydrogens is 277 g/mol. The molecule has 5 heteroatoms. The van der Waals surface area contributed by atoms with E-state index in [2.05, 4.69) is 16.5 Å². The van der Waals surface area contributed by atoms with E-state index in [1.165, 1.54) is 6.07 Å². The van der Waals surface area contributed by atoms with Crippen LogP contribution in [0, 0.1) is 5.95 Å². The summed E-state index contributed by atoms with van der Waals surface area (Å²) in [4.78, 5) is 5.77. The standard InChI is InChI=1S/C16H21F3N2/c1-12(5-8-16(2,18)19)21-9-6-13(7-10-21)14-3-4-15(17)20-11-14/h3-4,11,13H,1,5-10H2,2H3. The summed E-state index contributed by atoms with van der Waals surface area (Å²) in [7, 11) is 0. The fraction of sp³-hybridized carbons (Fsp3) is 0.562. The van der Waals surface area contributed by atoms with Gasteiger partial charge in [0.2, 0.25) is 11.9 Å². The van der Waals surface area contributed by atoms with Crippen molar-refractivity contribution in [3.05, 3.63) is 42.1 Å². The van der Waals surface area contributed by atoms with Crippen molar-refractivity contribution in [1.29, 1.82) is 0 Å². The number of rotatable bonds is 5. The zero-order chi connectivity index (χ0) is 15.5. The van der Waals surface area contributed by atoms with Crippen LogP contribution in [0.5, 0.6) is 0 Å². The van der Waals surface area contributed by atoms with Crippen LogP contribution in [0.3, 0.4) is 0 Å². The lowest BCUT2D eigenvalue weighted by Gasteiger charge is -2.35. The molecule has 1 fully saturated rings. The molecule has 1 saturated heterocycles. The van der Waals surface area contributed by atoms with Gasteiger partial charge in [-0.25, -0.2) is 13.8 Å². The first kappa shape index (κ1) is 15.9. The molecule has 1 aromatic heterocycles. The third-order valence-corrected chi connectivity index (χ3v) is 4.02. The SMILES string of the molecule is C=C(CCC(C)(F)F)N1CCC(c2ccc(F)nc2)CC1. The predicted octanol–water partition coefficient (Wildman–Crippen LogP) is 4.35. The summed E-state index contributed by atoms with van der Waals surface area (Å²) >= 11 is 0. The van der Waals surface area contributed by atoms with Crippen LogP contribution in [-0.2, 0) is 0 Å². The molecule has 1 aliphatic heterocycles. The lowest BCUT2D eigenvalue weighted by molar-refractivity contribution is 0.0114. The second-order valence-electron chi connectivity index (χ2n) is 5.81. The van der Waals surface area contributed by atoms with E-state index < -0.39 is 11.9 Å². The summed E-state index contributed by atoms with van der Waals surface area (Å²) in [6.07, 6.45) is 3.58. The average Bonchev–Trinajstić information content (AvgIpc) is 2.45. The predicted molar refractivity (Wildman–Crippen MR) is 76.7 cm³/mol. The highest BCUT2D eigenvalue weighted by atomic mass is 19.3. The van der Waals surface area contributed by atoms with E-state index in [1.807, 2.05) is 0 Å². The molecule has 0 spiro atoms. The van der Waals surface area contributed by atoms with Crippen LogP contribution in [0.1, 0.15) is 44.1 Å². The van der Waals surface area contributed by atoms with E-state index >= 15 is 0 Å². The van der Waals surface area contributed by atoms with E-state index in [0.29, 0.717) is 12.3 Å². The number of piperidine rings is 1. The van der Waals surface area contributed by atoms with Gasteiger partial charge in [-0.1, -0.05) is 12.6 Å². The molecule has 0 saturated carbocycles. The van der Waals surface area contributed by atoms with Gasteiger partial charge in [0.15, 0.2) is 0 Å². The van der Waals surface area contributed by atoms with Gasteiger partial charge in [0.05, 0.1) is 0 Å². The number of aromatic nitrogens is 1. The van der Waals surface area contributed by atoms with Crippen LogP contribution < -0.4 is 0 Å². The molecule has 0 aliphatic carbocycles. The molecule has 1 aromatic rings. The fourth-order valence-electron chi connectivity index (χ4n) is 2.68. The Hall–Kier alpha value is -1.52. The minimum absolute atomic E-state index is 0.159. The van der Waals surface area contributed by atoms with Crippen molar-refractivity contribution in [3.8, 4) is 0 Å². The topological polar surface area (TPSA) is 16.1 Å². The Balaban J connectivity index is 1.82. The number of halogens is 3. The highest BCUT2D eigenvalue weighted by molar-refractivity contribution is 5.16. The zero-order valence-corrected chi connectivity index (χ0v) is 12.3. The molecule has 2 rings (SSSR count). The van der Waals surface area contributed by atoms with Crippen LogP contribution in [0.25, 0.3) is 0 Å². The Labute approximate surface area is 123 Å². The number of alkyl halides is 2. The molecule has 2 heterocycles. The first-order chi connectivity index (χ1) is 9.85. The number of pyridine rings is 1. The molecule has 0 bridgehead atoms. The van der Waals surface area contributed by atoms with Crippen molar-refractivity contribution < 1.29 is 13.2 Å². The van der Waals surface area contributed by atoms with Crippen LogP contribution >= 0.6 is 0 Å². The van der Waals surface area contributed by atoms with Gasteiger partial charge in [-0.3, -0.25) is 0 Å². The Kier molecular flexibility index (Phi) is 4.91. The van der Waals surface area contributed by atoms with Crippen molar-refractivity contribution in [2.75, 3.05) is 13.1 Å². The van der Waals surface area contributed by atoms with Crippen LogP contribution in [0.4, 0.5) is 13.2 Å². The number of likely N-dealkylation sites (tertiary alicyclic amines) is 1. The summed E-state index contributed by atoms with van der Waals surface area (Å²) in [6, 6.07) is 3.15. The maximum atomic E-state index is 12.9. The summed E-state index contributed by atoms with van der Waals surface area (Å²) in [5.41, 5.74) is 1.83. The highest BCUT2D eigenvalue weighted by Crippen LogP contribution is 2.30. The molecule has 0 aromatic carbocycles. The van der Waals surface area contributed by atoms with Gasteiger partial charge in [0.1, 0.15) is 0 Å². The summed E-state index contributed by atoms with van der Waals surface area (Å²) in [5, 5.41) is 0. The second-order valence-corrected chi connectivity index (χ2v) is 5.81. The van der Waals surface area contributed by atoms with E-state index in [0.717, 1.165) is 44.1 Å². The fourth-order valence-corrected chi connectivity index (χ4v) is 2.68. The summed E-state index contributed by atoms with van der Waals surface area (Å²) in [6.45, 7) is 6.46. The smallest absolute Gasteiger partial charge is 0.245 e. The molecule has 0 atom stereocenters. The average molecular weight is 298 g/mol. The minimum atomic E-state index is -2.64. The highest BCUT2D eigenvalue weighted by Gasteiger charge is 2.25. The monoisotopic (exact) mass is 298 g/mol. The summed E-state index contributed by atoms with van der Waals surface area (Å²) < 4.78 is 38.5. The Morgan fingerprint density at radius 2 is 2.05 bits per heavy atom. The van der Waals surface area contributed by atoms with Crippen LogP contribution in [-0.4, -0.2) is 28.9 Å². The zero-order valence-electron chi connectivity index (χ0n) is 12.3. The molecule has 1 aliphatic rings. The van der Waals surface area contributed by atoms with Gasteiger partial charge in [0, 0.05) is 31.4 Å². The van der Waals surface area contributed by atoms with Crippen molar-refractivity contribution in [1.82, 2.24) is 9.88 Å². The maximum Gasteiger partial charge on any atom is 0.245 e. The van der Waals surface area contributed by atoms with Gasteiger partial charge >= 0.3 is 0 Å². The third-order valence-electron chi connectivity index (χ3n) is 4.02. The first-order valence-electron chi connectivity index (χ1n) is 7.27. The van der Waals surface area contributed by atoms with E-state index in [1.54, 1.807) is 12.3 Å². The van der Waals surface area contributed by atoms with Gasteiger partial charge in [-0.05, 0) is 43.7 Å². The van der Waals surface area contributed by atoms with Gasteiger partial charge in [-0.15, -0.1) is 0 Å². The normalized spacial score (nSPS) is 17.0. The Morgan fingerprint density at radius 3 is 2.57 bits per heavy atom. The minimum Gasteiger partial charge on any atom is -0.375 e. The lowest BCUT2D eigenvalue weighted by atomic mass is 9.90. The van der Waals surface area contributed by atoms with Crippen LogP contribution in [0.2, 0.25) is 0 Å². The maximum absolute atomic E-state index is 12.9. The van der Waals surface area contributed by atoms with Crippen LogP contribution in [0.15, 0.2) is 30.6 Å². The molecule has 2 nitrogen and oxygen atoms in total. The molecule has 116 valence electrons. The summed E-state index contributed by atoms with van der Waals surface area (Å²) in [5.74, 6) is -2.75. The second kappa shape index (κ2) is 6.50. The van der Waals surface area contributed by atoms with Gasteiger partial charge in [0.25, 0.3) is 0 Å². The Morgan fingerprint density at radius 1 is 1.38 bits per heavy atom. The quantitative estimate of drug-likeness (QED) is 0.751. The largest absolute Gasteiger partial charge is 0.375 e. The van der Waals surface area contributed by atoms with Crippen molar-refractivity contribution >= 4 is 0 Å².